The van der Waals surface area contributed by atoms with E-state index >= 15 is 0 Å². The Labute approximate surface area is 311 Å². The molecule has 0 bridgehead atoms. The Balaban J connectivity index is 1.32. The van der Waals surface area contributed by atoms with E-state index < -0.39 is 0 Å². The van der Waals surface area contributed by atoms with Crippen LogP contribution >= 0.6 is 0 Å². The molecule has 54 heavy (non-hydrogen) atoms. The Morgan fingerprint density at radius 3 is 0.833 bits per heavy atom. The normalized spacial score (nSPS) is 11.3. The van der Waals surface area contributed by atoms with Crippen molar-refractivity contribution >= 4 is 32.7 Å². The topological polar surface area (TPSA) is 77.3 Å². The average molecular weight is 691 g/mol. The second kappa shape index (κ2) is 13.3. The number of benzene rings is 4. The van der Waals surface area contributed by atoms with Gasteiger partial charge in [0.05, 0.1) is 33.6 Å². The molecule has 6 aromatic heterocycles. The average Bonchev–Trinajstić information content (AvgIpc) is 3.25. The first kappa shape index (κ1) is 31.3. The van der Waals surface area contributed by atoms with Crippen molar-refractivity contribution in [2.45, 2.75) is 0 Å². The lowest BCUT2D eigenvalue weighted by atomic mass is 9.90. The summed E-state index contributed by atoms with van der Waals surface area (Å²) in [4.78, 5) is 29.1. The zero-order chi connectivity index (χ0) is 35.8. The highest BCUT2D eigenvalue weighted by molar-refractivity contribution is 5.98. The molecule has 0 unspecified atom stereocenters. The van der Waals surface area contributed by atoms with Crippen LogP contribution < -0.4 is 0 Å². The van der Waals surface area contributed by atoms with E-state index in [-0.39, 0.29) is 0 Å². The predicted molar refractivity (Wildman–Crippen MR) is 218 cm³/mol. The molecule has 6 heterocycles. The third kappa shape index (κ3) is 5.72. The third-order valence-corrected chi connectivity index (χ3v) is 9.90. The first-order chi connectivity index (χ1) is 26.7. The van der Waals surface area contributed by atoms with Crippen LogP contribution in [0.25, 0.3) is 99.9 Å². The maximum absolute atomic E-state index is 5.37. The van der Waals surface area contributed by atoms with Crippen LogP contribution in [0.2, 0.25) is 0 Å². The van der Waals surface area contributed by atoms with Crippen molar-refractivity contribution in [1.82, 2.24) is 29.9 Å². The quantitative estimate of drug-likeness (QED) is 0.173. The van der Waals surface area contributed by atoms with Gasteiger partial charge in [-0.05, 0) is 108 Å². The molecule has 6 heteroatoms. The van der Waals surface area contributed by atoms with Gasteiger partial charge in [0.15, 0.2) is 0 Å². The second-order valence-corrected chi connectivity index (χ2v) is 13.2. The third-order valence-electron chi connectivity index (χ3n) is 9.90. The van der Waals surface area contributed by atoms with Crippen LogP contribution in [-0.2, 0) is 0 Å². The van der Waals surface area contributed by atoms with Crippen molar-refractivity contribution in [1.29, 1.82) is 0 Å². The molecule has 0 saturated carbocycles. The molecule has 0 radical (unpaired) electrons. The Bertz CT molecular complexity index is 2650. The SMILES string of the molecule is c1ccc2nc(-c3cc(-c4nc5ccccc5cc4-c4ccncc4)cc(-c4nc5ccccc5cc4-c4ccncc4)c3)c(-c3ccncc3)cc2c1. The van der Waals surface area contributed by atoms with Gasteiger partial charge in [-0.15, -0.1) is 0 Å². The molecule has 0 aliphatic heterocycles. The molecular formula is C48H30N6. The van der Waals surface area contributed by atoms with Crippen LogP contribution in [0.1, 0.15) is 0 Å². The van der Waals surface area contributed by atoms with E-state index in [9.17, 15) is 0 Å². The van der Waals surface area contributed by atoms with Gasteiger partial charge in [-0.2, -0.15) is 0 Å². The molecule has 6 nitrogen and oxygen atoms in total. The molecule has 10 aromatic rings. The molecule has 0 N–H and O–H groups in total. The summed E-state index contributed by atoms with van der Waals surface area (Å²) in [7, 11) is 0. The van der Waals surface area contributed by atoms with E-state index in [2.05, 4.69) is 106 Å². The molecule has 4 aromatic carbocycles. The maximum Gasteiger partial charge on any atom is 0.0788 e. The summed E-state index contributed by atoms with van der Waals surface area (Å²) in [6.45, 7) is 0. The molecule has 0 amide bonds. The number of aromatic nitrogens is 6. The molecule has 252 valence electrons. The fourth-order valence-electron chi connectivity index (χ4n) is 7.30. The van der Waals surface area contributed by atoms with Crippen molar-refractivity contribution in [2.75, 3.05) is 0 Å². The molecule has 0 aliphatic rings. The zero-order valence-electron chi connectivity index (χ0n) is 29.0. The summed E-state index contributed by atoms with van der Waals surface area (Å²) in [5, 5.41) is 3.20. The lowest BCUT2D eigenvalue weighted by molar-refractivity contribution is 1.32. The fraction of sp³-hybridized carbons (Fsp3) is 0. The highest BCUT2D eigenvalue weighted by Crippen LogP contribution is 2.42. The van der Waals surface area contributed by atoms with Crippen LogP contribution in [0.3, 0.4) is 0 Å². The van der Waals surface area contributed by atoms with E-state index in [1.807, 2.05) is 91.8 Å². The molecule has 10 rings (SSSR count). The molecule has 0 spiro atoms. The minimum absolute atomic E-state index is 0.862. The van der Waals surface area contributed by atoms with Gasteiger partial charge >= 0.3 is 0 Å². The highest BCUT2D eigenvalue weighted by Gasteiger charge is 2.20. The van der Waals surface area contributed by atoms with Gasteiger partial charge in [-0.25, -0.2) is 15.0 Å². The first-order valence-electron chi connectivity index (χ1n) is 17.8. The molecule has 0 aliphatic carbocycles. The number of fused-ring (bicyclic) bond motifs is 3. The van der Waals surface area contributed by atoms with Crippen LogP contribution in [0, 0.1) is 0 Å². The van der Waals surface area contributed by atoms with Crippen molar-refractivity contribution < 1.29 is 0 Å². The van der Waals surface area contributed by atoms with Gasteiger partial charge in [0.1, 0.15) is 0 Å². The largest absolute Gasteiger partial charge is 0.265 e. The number of rotatable bonds is 6. The highest BCUT2D eigenvalue weighted by atomic mass is 14.7. The summed E-state index contributed by atoms with van der Waals surface area (Å²) in [6.07, 6.45) is 11.0. The molecule has 0 saturated heterocycles. The summed E-state index contributed by atoms with van der Waals surface area (Å²) in [6, 6.07) is 50.4. The van der Waals surface area contributed by atoms with E-state index in [1.165, 1.54) is 0 Å². The van der Waals surface area contributed by atoms with Gasteiger partial charge < -0.3 is 0 Å². The monoisotopic (exact) mass is 690 g/mol. The second-order valence-electron chi connectivity index (χ2n) is 13.2. The van der Waals surface area contributed by atoms with Gasteiger partial charge in [0.25, 0.3) is 0 Å². The van der Waals surface area contributed by atoms with E-state index in [0.717, 1.165) is 99.9 Å². The Morgan fingerprint density at radius 1 is 0.259 bits per heavy atom. The summed E-state index contributed by atoms with van der Waals surface area (Å²) < 4.78 is 0. The lowest BCUT2D eigenvalue weighted by Gasteiger charge is -2.18. The Hall–Kier alpha value is -7.44. The number of pyridine rings is 6. The fourth-order valence-corrected chi connectivity index (χ4v) is 7.30. The lowest BCUT2D eigenvalue weighted by Crippen LogP contribution is -1.97. The minimum atomic E-state index is 0.862. The van der Waals surface area contributed by atoms with Gasteiger partial charge in [-0.1, -0.05) is 54.6 Å². The van der Waals surface area contributed by atoms with Crippen molar-refractivity contribution in [3.63, 3.8) is 0 Å². The van der Waals surface area contributed by atoms with Gasteiger partial charge in [0.2, 0.25) is 0 Å². The van der Waals surface area contributed by atoms with Crippen molar-refractivity contribution in [3.8, 4) is 67.2 Å². The molecule has 0 fully saturated rings. The number of para-hydroxylation sites is 3. The van der Waals surface area contributed by atoms with Crippen molar-refractivity contribution in [2.24, 2.45) is 0 Å². The zero-order valence-corrected chi connectivity index (χ0v) is 29.0. The van der Waals surface area contributed by atoms with E-state index in [4.69, 9.17) is 15.0 Å². The van der Waals surface area contributed by atoms with Crippen LogP contribution in [-0.4, -0.2) is 29.9 Å². The van der Waals surface area contributed by atoms with Gasteiger partial charge in [0, 0.05) is 86.7 Å². The predicted octanol–water partition coefficient (Wildman–Crippen LogP) is 11.5. The smallest absolute Gasteiger partial charge is 0.0788 e. The van der Waals surface area contributed by atoms with Crippen molar-refractivity contribution in [3.05, 3.63) is 183 Å². The van der Waals surface area contributed by atoms with E-state index in [1.54, 1.807) is 0 Å². The number of hydrogen-bond donors (Lipinski definition) is 0. The van der Waals surface area contributed by atoms with Gasteiger partial charge in [-0.3, -0.25) is 15.0 Å². The summed E-state index contributed by atoms with van der Waals surface area (Å²) in [5.74, 6) is 0. The Kier molecular flexibility index (Phi) is 7.69. The number of hydrogen-bond acceptors (Lipinski definition) is 6. The first-order valence-corrected chi connectivity index (χ1v) is 17.8. The Morgan fingerprint density at radius 2 is 0.537 bits per heavy atom. The standard InChI is InChI=1S/C48H30N6/c1-4-10-43-34(7-1)28-40(31-13-19-49-20-14-31)46(52-43)37-25-38(47-41(32-15-21-50-22-16-32)29-35-8-2-5-11-44(35)53-47)27-39(26-37)48-42(33-17-23-51-24-18-33)30-36-9-3-6-12-45(36)54-48/h1-30H. The number of nitrogens with zero attached hydrogens (tertiary/aromatic N) is 6. The summed E-state index contributed by atoms with van der Waals surface area (Å²) >= 11 is 0. The van der Waals surface area contributed by atoms with Crippen LogP contribution in [0.4, 0.5) is 0 Å². The summed E-state index contributed by atoms with van der Waals surface area (Å²) in [5.41, 5.74) is 14.3. The van der Waals surface area contributed by atoms with Crippen LogP contribution in [0.5, 0.6) is 0 Å². The minimum Gasteiger partial charge on any atom is -0.265 e. The maximum atomic E-state index is 5.37. The van der Waals surface area contributed by atoms with Crippen LogP contribution in [0.15, 0.2) is 183 Å². The van der Waals surface area contributed by atoms with E-state index in [0.29, 0.717) is 0 Å². The molecular weight excluding hydrogens is 661 g/mol. The molecule has 0 atom stereocenters.